The first kappa shape index (κ1) is 29.6. The van der Waals surface area contributed by atoms with E-state index in [9.17, 15) is 43.2 Å². The van der Waals surface area contributed by atoms with E-state index in [1.807, 2.05) is 0 Å². The molecule has 1 heterocycles. The van der Waals surface area contributed by atoms with Crippen molar-refractivity contribution in [3.05, 3.63) is 34.2 Å². The smallest absolute Gasteiger partial charge is 0.421 e. The number of halogens is 6. The Morgan fingerprint density at radius 2 is 1.26 bits per heavy atom. The topological polar surface area (TPSA) is 86.3 Å². The van der Waals surface area contributed by atoms with E-state index in [2.05, 4.69) is 42.8 Å². The number of rotatable bonds is 10. The van der Waals surface area contributed by atoms with Crippen molar-refractivity contribution in [2.45, 2.75) is 76.4 Å². The quantitative estimate of drug-likeness (QED) is 0.254. The lowest BCUT2D eigenvalue weighted by molar-refractivity contribution is -0.703. The van der Waals surface area contributed by atoms with Gasteiger partial charge in [0, 0.05) is 25.5 Å². The summed E-state index contributed by atoms with van der Waals surface area (Å²) in [5.74, 6) is 0. The molecule has 0 saturated heterocycles. The van der Waals surface area contributed by atoms with Crippen molar-refractivity contribution in [2.24, 2.45) is 0 Å². The molecule has 182 valence electrons. The number of sulfonamides is 2. The van der Waals surface area contributed by atoms with Crippen LogP contribution < -0.4 is 4.57 Å². The monoisotopic (exact) mass is 500 g/mol. The molecule has 0 amide bonds. The standard InChI is InChI=1S/C15H26N.C2F6NO4S2/c1-3-4-5-6-7-8-10-13-16-14-11-9-12-15(16)2;3-1(4,5)14(10,11)9-15(12,13)2(6,7)8/h9,11-12,14H,3-8,10,13H2,1-2H3;/q+1;-1. The highest BCUT2D eigenvalue weighted by atomic mass is 32.3. The van der Waals surface area contributed by atoms with Crippen molar-refractivity contribution in [3.63, 3.8) is 0 Å². The Bertz CT molecular complexity index is 827. The van der Waals surface area contributed by atoms with Crippen molar-refractivity contribution >= 4 is 20.0 Å². The molecule has 0 bridgehead atoms. The van der Waals surface area contributed by atoms with Gasteiger partial charge in [-0.15, -0.1) is 0 Å². The molecule has 0 aliphatic carbocycles. The summed E-state index contributed by atoms with van der Waals surface area (Å²) >= 11 is 0. The van der Waals surface area contributed by atoms with Crippen LogP contribution in [0.5, 0.6) is 0 Å². The molecule has 0 radical (unpaired) electrons. The molecular formula is C17H26F6N2O4S2. The van der Waals surface area contributed by atoms with Crippen molar-refractivity contribution in [2.75, 3.05) is 0 Å². The summed E-state index contributed by atoms with van der Waals surface area (Å²) in [4.78, 5) is 0. The molecule has 0 N–H and O–H groups in total. The number of aromatic nitrogens is 1. The van der Waals surface area contributed by atoms with Crippen LogP contribution in [0.25, 0.3) is 4.13 Å². The van der Waals surface area contributed by atoms with Gasteiger partial charge in [-0.05, 0) is 6.42 Å². The zero-order valence-corrected chi connectivity index (χ0v) is 18.7. The van der Waals surface area contributed by atoms with E-state index in [0.29, 0.717) is 0 Å². The Kier molecular flexibility index (Phi) is 12.0. The van der Waals surface area contributed by atoms with Crippen LogP contribution >= 0.6 is 0 Å². The maximum atomic E-state index is 11.4. The zero-order chi connectivity index (χ0) is 24.3. The van der Waals surface area contributed by atoms with Crippen LogP contribution in [0.1, 0.15) is 57.6 Å². The summed E-state index contributed by atoms with van der Waals surface area (Å²) < 4.78 is 112. The van der Waals surface area contributed by atoms with Gasteiger partial charge >= 0.3 is 11.0 Å². The van der Waals surface area contributed by atoms with Crippen LogP contribution in [0.15, 0.2) is 24.4 Å². The van der Waals surface area contributed by atoms with E-state index in [1.54, 1.807) is 0 Å². The third-order valence-electron chi connectivity index (χ3n) is 3.95. The van der Waals surface area contributed by atoms with Gasteiger partial charge in [-0.25, -0.2) is 21.4 Å². The molecule has 31 heavy (non-hydrogen) atoms. The summed E-state index contributed by atoms with van der Waals surface area (Å²) in [6.45, 7) is 5.64. The summed E-state index contributed by atoms with van der Waals surface area (Å²) in [6.07, 6.45) is 11.9. The summed E-state index contributed by atoms with van der Waals surface area (Å²) in [6, 6.07) is 6.41. The Morgan fingerprint density at radius 1 is 0.806 bits per heavy atom. The lowest BCUT2D eigenvalue weighted by Gasteiger charge is -2.22. The van der Waals surface area contributed by atoms with E-state index in [-0.39, 0.29) is 0 Å². The molecule has 0 aromatic carbocycles. The van der Waals surface area contributed by atoms with Crippen LogP contribution in [0.3, 0.4) is 0 Å². The first-order chi connectivity index (χ1) is 14.0. The maximum Gasteiger partial charge on any atom is 0.480 e. The molecular weight excluding hydrogens is 474 g/mol. The zero-order valence-electron chi connectivity index (χ0n) is 17.1. The van der Waals surface area contributed by atoms with Gasteiger partial charge in [-0.3, -0.25) is 0 Å². The molecule has 0 aliphatic heterocycles. The third kappa shape index (κ3) is 11.1. The van der Waals surface area contributed by atoms with E-state index in [0.717, 1.165) is 4.13 Å². The highest BCUT2D eigenvalue weighted by Gasteiger charge is 2.46. The van der Waals surface area contributed by atoms with Crippen molar-refractivity contribution in [3.8, 4) is 0 Å². The minimum absolute atomic E-state index is 0.778. The minimum Gasteiger partial charge on any atom is -0.421 e. The molecule has 0 atom stereocenters. The fourth-order valence-electron chi connectivity index (χ4n) is 2.27. The first-order valence-electron chi connectivity index (χ1n) is 9.37. The van der Waals surface area contributed by atoms with Crippen LogP contribution in [-0.4, -0.2) is 27.9 Å². The largest absolute Gasteiger partial charge is 0.480 e. The van der Waals surface area contributed by atoms with Crippen LogP contribution in [-0.2, 0) is 26.6 Å². The molecule has 0 fully saturated rings. The van der Waals surface area contributed by atoms with Gasteiger partial charge in [0.25, 0.3) is 0 Å². The Hall–Kier alpha value is -1.41. The lowest BCUT2D eigenvalue weighted by Crippen LogP contribution is -2.36. The summed E-state index contributed by atoms with van der Waals surface area (Å²) in [5.41, 5.74) is -11.0. The second-order valence-electron chi connectivity index (χ2n) is 6.57. The van der Waals surface area contributed by atoms with Gasteiger partial charge in [0.2, 0.25) is 0 Å². The second-order valence-corrected chi connectivity index (χ2v) is 10.00. The van der Waals surface area contributed by atoms with Crippen molar-refractivity contribution in [1.82, 2.24) is 0 Å². The number of alkyl halides is 6. The Labute approximate surface area is 178 Å². The van der Waals surface area contributed by atoms with E-state index >= 15 is 0 Å². The second kappa shape index (κ2) is 12.6. The van der Waals surface area contributed by atoms with Gasteiger partial charge in [0.05, 0.1) is 0 Å². The Balaban J connectivity index is 0.000000582. The van der Waals surface area contributed by atoms with Crippen LogP contribution in [0, 0.1) is 6.92 Å². The molecule has 1 aromatic rings. The van der Waals surface area contributed by atoms with Gasteiger partial charge in [-0.2, -0.15) is 26.3 Å². The molecule has 0 aliphatic rings. The van der Waals surface area contributed by atoms with E-state index in [4.69, 9.17) is 0 Å². The van der Waals surface area contributed by atoms with Crippen molar-refractivity contribution in [1.29, 1.82) is 0 Å². The molecule has 0 spiro atoms. The molecule has 1 aromatic heterocycles. The number of aryl methyl sites for hydroxylation is 2. The third-order valence-corrected chi connectivity index (χ3v) is 6.69. The predicted octanol–water partition coefficient (Wildman–Crippen LogP) is 5.09. The fourth-order valence-corrected chi connectivity index (χ4v) is 3.98. The molecule has 0 unspecified atom stereocenters. The predicted molar refractivity (Wildman–Crippen MR) is 103 cm³/mol. The van der Waals surface area contributed by atoms with Gasteiger partial charge in [0.1, 0.15) is 6.54 Å². The normalized spacial score (nSPS) is 12.9. The van der Waals surface area contributed by atoms with E-state index < -0.39 is 31.1 Å². The number of hydrogen-bond acceptors (Lipinski definition) is 4. The summed E-state index contributed by atoms with van der Waals surface area (Å²) in [5, 5.41) is 0. The number of unbranched alkanes of at least 4 members (excludes halogenated alkanes) is 6. The molecule has 1 rings (SSSR count). The lowest BCUT2D eigenvalue weighted by atomic mass is 10.1. The SMILES string of the molecule is CCCCCCCCC[n+]1ccccc1C.O=S(=O)([N-]S(=O)(=O)C(F)(F)F)C(F)(F)F. The number of nitrogens with zero attached hydrogens (tertiary/aromatic N) is 2. The van der Waals surface area contributed by atoms with Crippen LogP contribution in [0.4, 0.5) is 26.3 Å². The van der Waals surface area contributed by atoms with Gasteiger partial charge in [-0.1, -0.05) is 45.1 Å². The maximum absolute atomic E-state index is 11.4. The number of hydrogen-bond donors (Lipinski definition) is 0. The number of pyridine rings is 1. The van der Waals surface area contributed by atoms with E-state index in [1.165, 1.54) is 57.2 Å². The summed E-state index contributed by atoms with van der Waals surface area (Å²) in [7, 11) is -13.4. The highest BCUT2D eigenvalue weighted by molar-refractivity contribution is 8.13. The fraction of sp³-hybridized carbons (Fsp3) is 0.706. The minimum atomic E-state index is -6.72. The van der Waals surface area contributed by atoms with Gasteiger partial charge in [0.15, 0.2) is 31.9 Å². The average Bonchev–Trinajstić information content (AvgIpc) is 2.60. The van der Waals surface area contributed by atoms with Crippen molar-refractivity contribution < 1.29 is 47.7 Å². The first-order valence-corrected chi connectivity index (χ1v) is 12.2. The van der Waals surface area contributed by atoms with Gasteiger partial charge < -0.3 is 4.13 Å². The molecule has 6 nitrogen and oxygen atoms in total. The molecule has 14 heteroatoms. The molecule has 0 saturated carbocycles. The average molecular weight is 501 g/mol. The van der Waals surface area contributed by atoms with Crippen LogP contribution in [0.2, 0.25) is 0 Å². The highest BCUT2D eigenvalue weighted by Crippen LogP contribution is 2.36. The Morgan fingerprint density at radius 3 is 1.68 bits per heavy atom.